The quantitative estimate of drug-likeness (QED) is 0.486. The fourth-order valence-electron chi connectivity index (χ4n) is 3.43. The minimum atomic E-state index is -3.80. The topological polar surface area (TPSA) is 105 Å². The average molecular weight is 482 g/mol. The molecule has 0 heterocycles. The van der Waals surface area contributed by atoms with E-state index >= 15 is 0 Å². The van der Waals surface area contributed by atoms with Crippen LogP contribution in [0.3, 0.4) is 0 Å². The van der Waals surface area contributed by atoms with Crippen LogP contribution in [0.2, 0.25) is 0 Å². The second-order valence-electron chi connectivity index (χ2n) is 7.64. The smallest absolute Gasteiger partial charge is 0.253 e. The maximum Gasteiger partial charge on any atom is 0.253 e. The van der Waals surface area contributed by atoms with Gasteiger partial charge in [0.05, 0.1) is 36.3 Å². The van der Waals surface area contributed by atoms with Crippen molar-refractivity contribution in [1.29, 1.82) is 0 Å². The number of para-hydroxylation sites is 3. The van der Waals surface area contributed by atoms with Gasteiger partial charge in [0.1, 0.15) is 12.3 Å². The number of carbonyl (C=O) groups is 2. The summed E-state index contributed by atoms with van der Waals surface area (Å²) in [6.07, 6.45) is 1.01. The molecule has 34 heavy (non-hydrogen) atoms. The standard InChI is InChI=1S/C25H27N3O5S/c1-18(19-11-5-4-6-12-19)26-25(30)20-13-7-8-14-21(20)27-24(29)17-28(34(3,31)32)22-15-9-10-16-23(22)33-2/h4-16,18H,17H2,1-3H3,(H,26,30)(H,27,29)/t18-/m0/s1. The lowest BCUT2D eigenvalue weighted by Crippen LogP contribution is -2.38. The highest BCUT2D eigenvalue weighted by molar-refractivity contribution is 7.92. The molecule has 1 atom stereocenters. The Kier molecular flexibility index (Phi) is 7.91. The van der Waals surface area contributed by atoms with Gasteiger partial charge in [-0.2, -0.15) is 0 Å². The predicted octanol–water partition coefficient (Wildman–Crippen LogP) is 3.59. The molecule has 0 saturated heterocycles. The van der Waals surface area contributed by atoms with Crippen molar-refractivity contribution < 1.29 is 22.7 Å². The summed E-state index contributed by atoms with van der Waals surface area (Å²) in [7, 11) is -2.38. The van der Waals surface area contributed by atoms with Gasteiger partial charge in [-0.25, -0.2) is 8.42 Å². The van der Waals surface area contributed by atoms with Crippen molar-refractivity contribution in [3.63, 3.8) is 0 Å². The van der Waals surface area contributed by atoms with Crippen molar-refractivity contribution in [3.8, 4) is 5.75 Å². The Balaban J connectivity index is 1.79. The second-order valence-corrected chi connectivity index (χ2v) is 9.55. The third kappa shape index (κ3) is 6.14. The average Bonchev–Trinajstić information content (AvgIpc) is 2.82. The number of carbonyl (C=O) groups excluding carboxylic acids is 2. The largest absolute Gasteiger partial charge is 0.495 e. The molecular weight excluding hydrogens is 454 g/mol. The summed E-state index contributed by atoms with van der Waals surface area (Å²) in [4.78, 5) is 25.8. The molecule has 3 aromatic carbocycles. The highest BCUT2D eigenvalue weighted by atomic mass is 32.2. The van der Waals surface area contributed by atoms with Crippen molar-refractivity contribution in [2.75, 3.05) is 29.5 Å². The number of rotatable bonds is 9. The van der Waals surface area contributed by atoms with Gasteiger partial charge in [0.15, 0.2) is 0 Å². The predicted molar refractivity (Wildman–Crippen MR) is 133 cm³/mol. The van der Waals surface area contributed by atoms with E-state index in [0.29, 0.717) is 5.75 Å². The van der Waals surface area contributed by atoms with E-state index in [0.717, 1.165) is 16.1 Å². The highest BCUT2D eigenvalue weighted by Crippen LogP contribution is 2.29. The Labute approximate surface area is 199 Å². The van der Waals surface area contributed by atoms with Gasteiger partial charge in [-0.1, -0.05) is 54.6 Å². The monoisotopic (exact) mass is 481 g/mol. The molecule has 0 aliphatic heterocycles. The van der Waals surface area contributed by atoms with Crippen LogP contribution in [0.25, 0.3) is 0 Å². The van der Waals surface area contributed by atoms with Crippen LogP contribution in [-0.4, -0.2) is 40.1 Å². The first kappa shape index (κ1) is 24.8. The number of hydrogen-bond acceptors (Lipinski definition) is 5. The second kappa shape index (κ2) is 10.8. The lowest BCUT2D eigenvalue weighted by atomic mass is 10.1. The van der Waals surface area contributed by atoms with Crippen molar-refractivity contribution in [2.24, 2.45) is 0 Å². The van der Waals surface area contributed by atoms with Crippen LogP contribution in [0.4, 0.5) is 11.4 Å². The van der Waals surface area contributed by atoms with Crippen molar-refractivity contribution in [3.05, 3.63) is 90.0 Å². The number of ether oxygens (including phenoxy) is 1. The van der Waals surface area contributed by atoms with Crippen molar-refractivity contribution in [2.45, 2.75) is 13.0 Å². The summed E-state index contributed by atoms with van der Waals surface area (Å²) < 4.78 is 31.1. The molecule has 9 heteroatoms. The summed E-state index contributed by atoms with van der Waals surface area (Å²) >= 11 is 0. The summed E-state index contributed by atoms with van der Waals surface area (Å²) in [6, 6.07) is 22.3. The van der Waals surface area contributed by atoms with Gasteiger partial charge in [-0.05, 0) is 36.8 Å². The Morgan fingerprint density at radius 1 is 0.941 bits per heavy atom. The minimum Gasteiger partial charge on any atom is -0.495 e. The van der Waals surface area contributed by atoms with Crippen LogP contribution in [0.1, 0.15) is 28.9 Å². The van der Waals surface area contributed by atoms with Crippen LogP contribution in [-0.2, 0) is 14.8 Å². The molecule has 0 spiro atoms. The van der Waals surface area contributed by atoms with E-state index in [1.54, 1.807) is 48.5 Å². The van der Waals surface area contributed by atoms with Crippen LogP contribution in [0, 0.1) is 0 Å². The van der Waals surface area contributed by atoms with Crippen LogP contribution >= 0.6 is 0 Å². The van der Waals surface area contributed by atoms with Crippen molar-refractivity contribution >= 4 is 33.2 Å². The van der Waals surface area contributed by atoms with Gasteiger partial charge in [0.2, 0.25) is 15.9 Å². The number of hydrogen-bond donors (Lipinski definition) is 2. The van der Waals surface area contributed by atoms with E-state index < -0.39 is 22.5 Å². The van der Waals surface area contributed by atoms with Gasteiger partial charge in [-0.15, -0.1) is 0 Å². The summed E-state index contributed by atoms with van der Waals surface area (Å²) in [5.41, 5.74) is 1.73. The molecule has 2 N–H and O–H groups in total. The molecule has 0 aromatic heterocycles. The molecule has 0 radical (unpaired) electrons. The molecule has 8 nitrogen and oxygen atoms in total. The minimum absolute atomic E-state index is 0.241. The van der Waals surface area contributed by atoms with E-state index in [4.69, 9.17) is 4.74 Å². The van der Waals surface area contributed by atoms with E-state index in [1.807, 2.05) is 37.3 Å². The van der Waals surface area contributed by atoms with Gasteiger partial charge < -0.3 is 15.4 Å². The lowest BCUT2D eigenvalue weighted by Gasteiger charge is -2.24. The number of nitrogens with zero attached hydrogens (tertiary/aromatic N) is 1. The molecule has 2 amide bonds. The molecule has 0 bridgehead atoms. The SMILES string of the molecule is COc1ccccc1N(CC(=O)Nc1ccccc1C(=O)N[C@@H](C)c1ccccc1)S(C)(=O)=O. The summed E-state index contributed by atoms with van der Waals surface area (Å²) in [5.74, 6) is -0.653. The van der Waals surface area contributed by atoms with Crippen LogP contribution < -0.4 is 19.7 Å². The number of benzene rings is 3. The molecule has 0 saturated carbocycles. The van der Waals surface area contributed by atoms with E-state index in [9.17, 15) is 18.0 Å². The van der Waals surface area contributed by atoms with E-state index in [-0.39, 0.29) is 28.9 Å². The molecule has 0 fully saturated rings. The number of methoxy groups -OCH3 is 1. The fourth-order valence-corrected chi connectivity index (χ4v) is 4.29. The summed E-state index contributed by atoms with van der Waals surface area (Å²) in [5, 5.41) is 5.59. The third-order valence-electron chi connectivity index (χ3n) is 5.13. The third-order valence-corrected chi connectivity index (χ3v) is 6.26. The molecule has 178 valence electrons. The highest BCUT2D eigenvalue weighted by Gasteiger charge is 2.24. The zero-order valence-electron chi connectivity index (χ0n) is 19.2. The Bertz CT molecular complexity index is 1260. The van der Waals surface area contributed by atoms with Crippen molar-refractivity contribution in [1.82, 2.24) is 5.32 Å². The maximum absolute atomic E-state index is 12.9. The number of anilines is 2. The first-order chi connectivity index (χ1) is 16.2. The number of nitrogens with one attached hydrogen (secondary N) is 2. The normalized spacial score (nSPS) is 11.9. The Morgan fingerprint density at radius 2 is 1.56 bits per heavy atom. The zero-order valence-corrected chi connectivity index (χ0v) is 20.0. The number of sulfonamides is 1. The Hall–Kier alpha value is -3.85. The molecule has 0 unspecified atom stereocenters. The van der Waals surface area contributed by atoms with E-state index in [1.165, 1.54) is 7.11 Å². The van der Waals surface area contributed by atoms with Gasteiger partial charge >= 0.3 is 0 Å². The fraction of sp³-hybridized carbons (Fsp3) is 0.200. The maximum atomic E-state index is 12.9. The molecule has 3 aromatic rings. The Morgan fingerprint density at radius 3 is 2.24 bits per heavy atom. The lowest BCUT2D eigenvalue weighted by molar-refractivity contribution is -0.114. The zero-order chi connectivity index (χ0) is 24.7. The van der Waals surface area contributed by atoms with Crippen LogP contribution in [0.5, 0.6) is 5.75 Å². The van der Waals surface area contributed by atoms with Gasteiger partial charge in [0.25, 0.3) is 5.91 Å². The number of amides is 2. The first-order valence-corrected chi connectivity index (χ1v) is 12.4. The molecular formula is C25H27N3O5S. The molecule has 3 rings (SSSR count). The first-order valence-electron chi connectivity index (χ1n) is 10.6. The summed E-state index contributed by atoms with van der Waals surface area (Å²) in [6.45, 7) is 1.38. The van der Waals surface area contributed by atoms with Gasteiger partial charge in [0, 0.05) is 0 Å². The van der Waals surface area contributed by atoms with E-state index in [2.05, 4.69) is 10.6 Å². The molecule has 0 aliphatic carbocycles. The van der Waals surface area contributed by atoms with Crippen LogP contribution in [0.15, 0.2) is 78.9 Å². The molecule has 0 aliphatic rings. The van der Waals surface area contributed by atoms with Gasteiger partial charge in [-0.3, -0.25) is 13.9 Å².